The van der Waals surface area contributed by atoms with Crippen LogP contribution >= 0.6 is 24.0 Å². The summed E-state index contributed by atoms with van der Waals surface area (Å²) in [6, 6.07) is 6.79. The Hall–Kier alpha value is -1.97. The number of carbonyl (C=O) groups is 2. The van der Waals surface area contributed by atoms with E-state index >= 15 is 0 Å². The molecule has 3 aliphatic carbocycles. The van der Waals surface area contributed by atoms with Gasteiger partial charge in [0.2, 0.25) is 11.8 Å². The minimum Gasteiger partial charge on any atom is -0.356 e. The lowest BCUT2D eigenvalue weighted by atomic mass is 9.85. The van der Waals surface area contributed by atoms with Gasteiger partial charge in [-0.25, -0.2) is 4.39 Å². The van der Waals surface area contributed by atoms with Crippen LogP contribution in [0.3, 0.4) is 0 Å². The summed E-state index contributed by atoms with van der Waals surface area (Å²) in [6.45, 7) is 1.46. The summed E-state index contributed by atoms with van der Waals surface area (Å²) in [6.07, 6.45) is 7.18. The lowest BCUT2D eigenvalue weighted by Gasteiger charge is -2.21. The molecule has 0 spiro atoms. The van der Waals surface area contributed by atoms with Crippen LogP contribution in [0.5, 0.6) is 0 Å². The maximum Gasteiger partial charge on any atom is 0.233 e. The number of hydrogen-bond donors (Lipinski definition) is 2. The summed E-state index contributed by atoms with van der Waals surface area (Å²) in [7, 11) is 1.69. The average molecular weight is 538 g/mol. The van der Waals surface area contributed by atoms with Gasteiger partial charge >= 0.3 is 0 Å². The molecule has 3 fully saturated rings. The quantitative estimate of drug-likeness (QED) is 0.192. The Bertz CT molecular complexity index is 915. The molecular weight excluding hydrogens is 510 g/mol. The molecule has 1 aromatic rings. The Morgan fingerprint density at radius 3 is 2.42 bits per heavy atom. The highest BCUT2D eigenvalue weighted by atomic mass is 127. The number of amides is 2. The minimum atomic E-state index is -0.213. The van der Waals surface area contributed by atoms with Crippen molar-refractivity contribution < 1.29 is 14.0 Å². The van der Waals surface area contributed by atoms with Gasteiger partial charge in [0.05, 0.1) is 11.8 Å². The van der Waals surface area contributed by atoms with Gasteiger partial charge in [-0.05, 0) is 48.8 Å². The monoisotopic (exact) mass is 538 g/mol. The lowest BCUT2D eigenvalue weighted by Crippen LogP contribution is -2.45. The number of hydrogen-bond acceptors (Lipinski definition) is 3. The molecule has 1 heterocycles. The normalized spacial score (nSPS) is 29.7. The number of allylic oxidation sites excluding steroid dienone is 2. The number of nitrogens with one attached hydrogen (secondary N) is 2. The number of aliphatic imine (C=N–C) groups is 1. The van der Waals surface area contributed by atoms with E-state index in [1.807, 2.05) is 6.07 Å². The topological polar surface area (TPSA) is 73.8 Å². The SMILES string of the molecule is CN=C(NCCN1C(=O)C2C3C=CC(C3)C2C1=O)NCC1(c2cccc(F)c2)CC1.I. The van der Waals surface area contributed by atoms with Crippen molar-refractivity contribution in [1.82, 2.24) is 15.5 Å². The van der Waals surface area contributed by atoms with E-state index in [9.17, 15) is 14.0 Å². The molecule has 1 aromatic carbocycles. The number of imide groups is 1. The Morgan fingerprint density at radius 1 is 1.16 bits per heavy atom. The molecule has 0 aromatic heterocycles. The molecule has 31 heavy (non-hydrogen) atoms. The maximum absolute atomic E-state index is 13.6. The summed E-state index contributed by atoms with van der Waals surface area (Å²) in [5.74, 6) is 0.553. The molecular formula is C23H28FIN4O2. The summed E-state index contributed by atoms with van der Waals surface area (Å²) in [5, 5.41) is 6.53. The number of fused-ring (bicyclic) bond motifs is 5. The first kappa shape index (κ1) is 22.2. The van der Waals surface area contributed by atoms with Crippen LogP contribution in [0.15, 0.2) is 41.4 Å². The van der Waals surface area contributed by atoms with Gasteiger partial charge in [0.15, 0.2) is 5.96 Å². The molecule has 4 aliphatic rings. The summed E-state index contributed by atoms with van der Waals surface area (Å²) in [5.41, 5.74) is 0.957. The second-order valence-corrected chi connectivity index (χ2v) is 8.97. The zero-order valence-corrected chi connectivity index (χ0v) is 19.8. The van der Waals surface area contributed by atoms with E-state index in [1.54, 1.807) is 19.2 Å². The predicted octanol–water partition coefficient (Wildman–Crippen LogP) is 2.45. The van der Waals surface area contributed by atoms with Crippen molar-refractivity contribution in [2.75, 3.05) is 26.7 Å². The van der Waals surface area contributed by atoms with Crippen LogP contribution in [0.1, 0.15) is 24.8 Å². The molecule has 4 unspecified atom stereocenters. The van der Waals surface area contributed by atoms with E-state index in [0.717, 1.165) is 24.8 Å². The molecule has 2 bridgehead atoms. The zero-order chi connectivity index (χ0) is 20.9. The average Bonchev–Trinajstić information content (AvgIpc) is 3.13. The van der Waals surface area contributed by atoms with Gasteiger partial charge in [-0.15, -0.1) is 24.0 Å². The van der Waals surface area contributed by atoms with Crippen molar-refractivity contribution in [3.8, 4) is 0 Å². The molecule has 1 aliphatic heterocycles. The third-order valence-electron chi connectivity index (χ3n) is 7.30. The largest absolute Gasteiger partial charge is 0.356 e. The second-order valence-electron chi connectivity index (χ2n) is 8.97. The number of carbonyl (C=O) groups excluding carboxylic acids is 2. The fourth-order valence-corrected chi connectivity index (χ4v) is 5.48. The number of rotatable bonds is 6. The van der Waals surface area contributed by atoms with E-state index in [2.05, 4.69) is 27.8 Å². The zero-order valence-electron chi connectivity index (χ0n) is 17.5. The van der Waals surface area contributed by atoms with Crippen LogP contribution < -0.4 is 10.6 Å². The van der Waals surface area contributed by atoms with Crippen LogP contribution in [-0.4, -0.2) is 49.4 Å². The van der Waals surface area contributed by atoms with Gasteiger partial charge in [-0.1, -0.05) is 24.3 Å². The standard InChI is InChI=1S/C23H27FN4O2.HI/c1-25-22(27-13-23(7-8-23)16-3-2-4-17(24)12-16)26-9-10-28-20(29)18-14-5-6-15(11-14)19(18)21(28)30;/h2-6,12,14-15,18-19H,7-11,13H2,1H3,(H2,25,26,27);1H. The predicted molar refractivity (Wildman–Crippen MR) is 127 cm³/mol. The first-order chi connectivity index (χ1) is 14.5. The second kappa shape index (κ2) is 8.52. The number of nitrogens with zero attached hydrogens (tertiary/aromatic N) is 2. The van der Waals surface area contributed by atoms with Gasteiger partial charge in [0, 0.05) is 32.1 Å². The van der Waals surface area contributed by atoms with Gasteiger partial charge < -0.3 is 10.6 Å². The van der Waals surface area contributed by atoms with Crippen LogP contribution in [0.25, 0.3) is 0 Å². The van der Waals surface area contributed by atoms with E-state index < -0.39 is 0 Å². The van der Waals surface area contributed by atoms with Crippen molar-refractivity contribution in [3.05, 3.63) is 47.8 Å². The van der Waals surface area contributed by atoms with E-state index in [-0.39, 0.29) is 70.7 Å². The van der Waals surface area contributed by atoms with Crippen molar-refractivity contribution >= 4 is 41.8 Å². The van der Waals surface area contributed by atoms with Crippen molar-refractivity contribution in [2.24, 2.45) is 28.7 Å². The fraction of sp³-hybridized carbons (Fsp3) is 0.522. The van der Waals surface area contributed by atoms with Crippen molar-refractivity contribution in [1.29, 1.82) is 0 Å². The fourth-order valence-electron chi connectivity index (χ4n) is 5.48. The van der Waals surface area contributed by atoms with Crippen LogP contribution in [0.2, 0.25) is 0 Å². The van der Waals surface area contributed by atoms with Gasteiger partial charge in [0.1, 0.15) is 5.82 Å². The molecule has 2 N–H and O–H groups in total. The first-order valence-corrected chi connectivity index (χ1v) is 10.8. The molecule has 166 valence electrons. The van der Waals surface area contributed by atoms with Crippen LogP contribution in [0, 0.1) is 29.5 Å². The summed E-state index contributed by atoms with van der Waals surface area (Å²) < 4.78 is 13.6. The van der Waals surface area contributed by atoms with Crippen molar-refractivity contribution in [3.63, 3.8) is 0 Å². The molecule has 8 heteroatoms. The Labute approximate surface area is 198 Å². The van der Waals surface area contributed by atoms with Crippen LogP contribution in [-0.2, 0) is 15.0 Å². The third kappa shape index (κ3) is 3.87. The van der Waals surface area contributed by atoms with Crippen molar-refractivity contribution in [2.45, 2.75) is 24.7 Å². The first-order valence-electron chi connectivity index (χ1n) is 10.8. The molecule has 5 rings (SSSR count). The van der Waals surface area contributed by atoms with Crippen LogP contribution in [0.4, 0.5) is 4.39 Å². The molecule has 2 saturated carbocycles. The van der Waals surface area contributed by atoms with E-state index in [1.165, 1.54) is 11.0 Å². The third-order valence-corrected chi connectivity index (χ3v) is 7.30. The van der Waals surface area contributed by atoms with E-state index in [4.69, 9.17) is 0 Å². The number of likely N-dealkylation sites (tertiary alicyclic amines) is 1. The highest BCUT2D eigenvalue weighted by Gasteiger charge is 2.58. The van der Waals surface area contributed by atoms with E-state index in [0.29, 0.717) is 25.6 Å². The molecule has 0 radical (unpaired) electrons. The Balaban J connectivity index is 0.00000231. The molecule has 1 saturated heterocycles. The lowest BCUT2D eigenvalue weighted by molar-refractivity contribution is -0.140. The molecule has 4 atom stereocenters. The Morgan fingerprint density at radius 2 is 1.84 bits per heavy atom. The number of guanidine groups is 1. The summed E-state index contributed by atoms with van der Waals surface area (Å²) >= 11 is 0. The highest BCUT2D eigenvalue weighted by molar-refractivity contribution is 14.0. The van der Waals surface area contributed by atoms with Gasteiger partial charge in [-0.2, -0.15) is 0 Å². The smallest absolute Gasteiger partial charge is 0.233 e. The molecule has 2 amide bonds. The highest BCUT2D eigenvalue weighted by Crippen LogP contribution is 2.52. The van der Waals surface area contributed by atoms with Gasteiger partial charge in [-0.3, -0.25) is 19.5 Å². The summed E-state index contributed by atoms with van der Waals surface area (Å²) in [4.78, 5) is 31.2. The minimum absolute atomic E-state index is 0. The Kier molecular flexibility index (Phi) is 6.11. The molecule has 6 nitrogen and oxygen atoms in total. The maximum atomic E-state index is 13.6. The number of halogens is 2. The number of benzene rings is 1. The van der Waals surface area contributed by atoms with Gasteiger partial charge in [0.25, 0.3) is 0 Å².